The molecule has 0 radical (unpaired) electrons. The van der Waals surface area contributed by atoms with Crippen molar-refractivity contribution in [2.45, 2.75) is 39.8 Å². The van der Waals surface area contributed by atoms with E-state index in [1.54, 1.807) is 24.5 Å². The Morgan fingerprint density at radius 2 is 1.72 bits per heavy atom. The summed E-state index contributed by atoms with van der Waals surface area (Å²) in [7, 11) is 0. The maximum absolute atomic E-state index is 12.2. The van der Waals surface area contributed by atoms with Gasteiger partial charge < -0.3 is 20.9 Å². The lowest BCUT2D eigenvalue weighted by atomic mass is 10.0. The van der Waals surface area contributed by atoms with Crippen LogP contribution in [0.15, 0.2) is 29.0 Å². The fraction of sp³-hybridized carbons (Fsp3) is 0.500. The van der Waals surface area contributed by atoms with Crippen molar-refractivity contribution < 1.29 is 14.1 Å². The molecule has 0 saturated carbocycles. The number of pyridine rings is 1. The molecule has 0 fully saturated rings. The van der Waals surface area contributed by atoms with E-state index in [-0.39, 0.29) is 55.0 Å². The number of nitrogens with two attached hydrogens (primary N) is 1. The molecular formula is C18H28Cl2N6O3. The van der Waals surface area contributed by atoms with Crippen molar-refractivity contribution in [2.24, 2.45) is 17.6 Å². The van der Waals surface area contributed by atoms with Crippen molar-refractivity contribution in [3.63, 3.8) is 0 Å². The van der Waals surface area contributed by atoms with Crippen LogP contribution in [0.3, 0.4) is 0 Å². The molecule has 0 spiro atoms. The number of amides is 2. The maximum atomic E-state index is 12.2. The van der Waals surface area contributed by atoms with Gasteiger partial charge in [-0.1, -0.05) is 32.9 Å². The first-order valence-electron chi connectivity index (χ1n) is 8.86. The van der Waals surface area contributed by atoms with Gasteiger partial charge in [0.1, 0.15) is 6.04 Å². The molecule has 0 aliphatic rings. The van der Waals surface area contributed by atoms with Crippen LogP contribution in [0.5, 0.6) is 0 Å². The number of nitrogens with zero attached hydrogens (tertiary/aromatic N) is 3. The molecule has 1 unspecified atom stereocenters. The molecule has 2 rings (SSSR count). The van der Waals surface area contributed by atoms with E-state index in [4.69, 9.17) is 10.3 Å². The van der Waals surface area contributed by atoms with Gasteiger partial charge in [0.25, 0.3) is 0 Å². The number of hydrogen-bond acceptors (Lipinski definition) is 7. The van der Waals surface area contributed by atoms with Gasteiger partial charge in [-0.05, 0) is 24.0 Å². The smallest absolute Gasteiger partial charge is 0.249 e. The lowest BCUT2D eigenvalue weighted by Gasteiger charge is -2.19. The molecule has 2 aromatic rings. The van der Waals surface area contributed by atoms with Crippen LogP contribution in [0.25, 0.3) is 11.4 Å². The van der Waals surface area contributed by atoms with Gasteiger partial charge in [0.2, 0.25) is 23.5 Å². The number of carbonyl (C=O) groups excluding carboxylic acids is 2. The Balaban J connectivity index is 0.00000392. The van der Waals surface area contributed by atoms with E-state index in [2.05, 4.69) is 25.8 Å². The second kappa shape index (κ2) is 12.4. The number of aromatic nitrogens is 3. The van der Waals surface area contributed by atoms with Crippen molar-refractivity contribution in [3.8, 4) is 11.4 Å². The highest BCUT2D eigenvalue weighted by atomic mass is 35.5. The third kappa shape index (κ3) is 7.60. The van der Waals surface area contributed by atoms with Crippen molar-refractivity contribution in [1.29, 1.82) is 0 Å². The Bertz CT molecular complexity index is 770. The quantitative estimate of drug-likeness (QED) is 0.562. The molecular weight excluding hydrogens is 419 g/mol. The normalized spacial score (nSPS) is 12.5. The van der Waals surface area contributed by atoms with E-state index in [1.807, 2.05) is 27.7 Å². The van der Waals surface area contributed by atoms with E-state index in [0.717, 1.165) is 5.56 Å². The summed E-state index contributed by atoms with van der Waals surface area (Å²) < 4.78 is 5.34. The molecule has 2 aromatic heterocycles. The van der Waals surface area contributed by atoms with E-state index >= 15 is 0 Å². The number of nitrogens with one attached hydrogen (secondary N) is 2. The van der Waals surface area contributed by atoms with Gasteiger partial charge in [-0.15, -0.1) is 24.8 Å². The van der Waals surface area contributed by atoms with Crippen LogP contribution < -0.4 is 16.4 Å². The monoisotopic (exact) mass is 446 g/mol. The van der Waals surface area contributed by atoms with Gasteiger partial charge in [-0.2, -0.15) is 4.98 Å². The van der Waals surface area contributed by atoms with Gasteiger partial charge in [0, 0.05) is 18.0 Å². The summed E-state index contributed by atoms with van der Waals surface area (Å²) >= 11 is 0. The summed E-state index contributed by atoms with van der Waals surface area (Å²) in [5.41, 5.74) is 6.53. The molecule has 0 aliphatic carbocycles. The van der Waals surface area contributed by atoms with Gasteiger partial charge in [-0.25, -0.2) is 0 Å². The fourth-order valence-corrected chi connectivity index (χ4v) is 2.31. The number of rotatable bonds is 8. The molecule has 11 heteroatoms. The van der Waals surface area contributed by atoms with Crippen LogP contribution in [-0.2, 0) is 9.59 Å². The molecule has 0 aliphatic heterocycles. The Hall–Kier alpha value is -2.23. The van der Waals surface area contributed by atoms with Crippen molar-refractivity contribution in [1.82, 2.24) is 25.8 Å². The predicted molar refractivity (Wildman–Crippen MR) is 114 cm³/mol. The third-order valence-corrected chi connectivity index (χ3v) is 4.07. The van der Waals surface area contributed by atoms with Crippen molar-refractivity contribution in [2.75, 3.05) is 6.54 Å². The highest BCUT2D eigenvalue weighted by Crippen LogP contribution is 2.23. The maximum Gasteiger partial charge on any atom is 0.249 e. The van der Waals surface area contributed by atoms with Crippen molar-refractivity contribution in [3.05, 3.63) is 30.4 Å². The zero-order valence-electron chi connectivity index (χ0n) is 16.8. The van der Waals surface area contributed by atoms with E-state index < -0.39 is 12.1 Å². The van der Waals surface area contributed by atoms with Crippen LogP contribution in [0, 0.1) is 11.8 Å². The minimum absolute atomic E-state index is 0. The van der Waals surface area contributed by atoms with Crippen LogP contribution in [0.2, 0.25) is 0 Å². The van der Waals surface area contributed by atoms with Crippen LogP contribution in [0.1, 0.15) is 39.6 Å². The Morgan fingerprint density at radius 1 is 1.10 bits per heavy atom. The number of hydrogen-bond donors (Lipinski definition) is 3. The lowest BCUT2D eigenvalue weighted by Crippen LogP contribution is -2.47. The number of halogens is 2. The standard InChI is InChI=1S/C18H26N6O3.2ClH/c1-10(2)14(19)17(26)21-9-13(25)22-15(11(3)4)18-23-16(24-27-18)12-5-7-20-8-6-12;;/h5-8,10-11,14-15H,9,19H2,1-4H3,(H,21,26)(H,22,25);2*1H/t14-,15?;;/m0../s1. The summed E-state index contributed by atoms with van der Waals surface area (Å²) in [4.78, 5) is 32.4. The molecule has 0 aromatic carbocycles. The van der Waals surface area contributed by atoms with E-state index in [9.17, 15) is 9.59 Å². The van der Waals surface area contributed by atoms with E-state index in [0.29, 0.717) is 11.7 Å². The summed E-state index contributed by atoms with van der Waals surface area (Å²) in [5, 5.41) is 9.32. The van der Waals surface area contributed by atoms with Crippen LogP contribution in [-0.4, -0.2) is 39.5 Å². The Kier molecular flexibility index (Phi) is 11.4. The van der Waals surface area contributed by atoms with Crippen LogP contribution in [0.4, 0.5) is 0 Å². The highest BCUT2D eigenvalue weighted by Gasteiger charge is 2.25. The summed E-state index contributed by atoms with van der Waals surface area (Å²) in [6.07, 6.45) is 3.27. The predicted octanol–water partition coefficient (Wildman–Crippen LogP) is 1.89. The van der Waals surface area contributed by atoms with Gasteiger partial charge in [-0.3, -0.25) is 14.6 Å². The van der Waals surface area contributed by atoms with Gasteiger partial charge in [0.15, 0.2) is 0 Å². The van der Waals surface area contributed by atoms with Crippen molar-refractivity contribution >= 4 is 36.6 Å². The molecule has 4 N–H and O–H groups in total. The van der Waals surface area contributed by atoms with Crippen LogP contribution >= 0.6 is 24.8 Å². The molecule has 29 heavy (non-hydrogen) atoms. The zero-order chi connectivity index (χ0) is 20.0. The molecule has 2 atom stereocenters. The number of carbonyl (C=O) groups is 2. The van der Waals surface area contributed by atoms with Gasteiger partial charge in [0.05, 0.1) is 12.6 Å². The summed E-state index contributed by atoms with van der Waals surface area (Å²) in [5.74, 6) is -0.00524. The van der Waals surface area contributed by atoms with E-state index in [1.165, 1.54) is 0 Å². The molecule has 162 valence electrons. The molecule has 0 bridgehead atoms. The minimum atomic E-state index is -0.655. The third-order valence-electron chi connectivity index (χ3n) is 4.07. The second-order valence-electron chi connectivity index (χ2n) is 6.97. The molecule has 2 amide bonds. The average Bonchev–Trinajstić information content (AvgIpc) is 3.13. The second-order valence-corrected chi connectivity index (χ2v) is 6.97. The summed E-state index contributed by atoms with van der Waals surface area (Å²) in [6, 6.07) is 2.41. The average molecular weight is 447 g/mol. The lowest BCUT2D eigenvalue weighted by molar-refractivity contribution is -0.127. The fourth-order valence-electron chi connectivity index (χ4n) is 2.31. The summed E-state index contributed by atoms with van der Waals surface area (Å²) in [6.45, 7) is 7.36. The highest BCUT2D eigenvalue weighted by molar-refractivity contribution is 5.87. The first kappa shape index (κ1) is 26.8. The molecule has 0 saturated heterocycles. The Morgan fingerprint density at radius 3 is 2.28 bits per heavy atom. The zero-order valence-corrected chi connectivity index (χ0v) is 18.4. The Labute approximate surface area is 182 Å². The van der Waals surface area contributed by atoms with Gasteiger partial charge >= 0.3 is 0 Å². The molecule has 2 heterocycles. The first-order valence-corrected chi connectivity index (χ1v) is 8.86. The first-order chi connectivity index (χ1) is 12.8. The topological polar surface area (TPSA) is 136 Å². The largest absolute Gasteiger partial charge is 0.346 e. The SMILES string of the molecule is CC(C)C(NC(=O)CNC(=O)[C@@H](N)C(C)C)c1nc(-c2ccncc2)no1.Cl.Cl. The molecule has 9 nitrogen and oxygen atoms in total. The minimum Gasteiger partial charge on any atom is -0.346 e.